The number of amides is 1. The lowest BCUT2D eigenvalue weighted by atomic mass is 9.88. The zero-order valence-corrected chi connectivity index (χ0v) is 13.2. The van der Waals surface area contributed by atoms with Gasteiger partial charge in [-0.2, -0.15) is 0 Å². The second-order valence-corrected chi connectivity index (χ2v) is 6.62. The average Bonchev–Trinajstić information content (AvgIpc) is 2.38. The van der Waals surface area contributed by atoms with Crippen molar-refractivity contribution in [1.29, 1.82) is 0 Å². The molecule has 21 heavy (non-hydrogen) atoms. The van der Waals surface area contributed by atoms with Crippen LogP contribution in [0.2, 0.25) is 0 Å². The molecule has 1 saturated heterocycles. The fourth-order valence-electron chi connectivity index (χ4n) is 2.46. The number of benzene rings is 1. The van der Waals surface area contributed by atoms with Gasteiger partial charge in [0.05, 0.1) is 6.54 Å². The van der Waals surface area contributed by atoms with E-state index < -0.39 is 11.7 Å². The normalized spacial score (nSPS) is 19.5. The van der Waals surface area contributed by atoms with E-state index in [-0.39, 0.29) is 18.2 Å². The Kier molecular flexibility index (Phi) is 4.35. The van der Waals surface area contributed by atoms with Gasteiger partial charge in [-0.1, -0.05) is 29.8 Å². The number of hydrogen-bond donors (Lipinski definition) is 0. The quantitative estimate of drug-likeness (QED) is 0.797. The van der Waals surface area contributed by atoms with Gasteiger partial charge in [0.15, 0.2) is 5.78 Å². The molecule has 2 rings (SSSR count). The molecule has 0 bridgehead atoms. The highest BCUT2D eigenvalue weighted by Crippen LogP contribution is 2.26. The van der Waals surface area contributed by atoms with Crippen molar-refractivity contribution in [3.8, 4) is 0 Å². The number of rotatable bonds is 1. The molecule has 1 aromatic carbocycles. The monoisotopic (exact) mass is 289 g/mol. The van der Waals surface area contributed by atoms with Crippen LogP contribution >= 0.6 is 0 Å². The molecular weight excluding hydrogens is 266 g/mol. The van der Waals surface area contributed by atoms with E-state index in [4.69, 9.17) is 4.74 Å². The second-order valence-electron chi connectivity index (χ2n) is 6.62. The maximum atomic E-state index is 12.3. The lowest BCUT2D eigenvalue weighted by molar-refractivity contribution is -0.123. The van der Waals surface area contributed by atoms with Crippen LogP contribution in [0.25, 0.3) is 0 Å². The standard InChI is InChI=1S/C17H23NO3/c1-12-5-7-13(8-6-12)14-9-10-18(11-15(14)19)16(20)21-17(2,3)4/h5-8,14H,9-11H2,1-4H3. The molecule has 114 valence electrons. The Balaban J connectivity index is 2.01. The average molecular weight is 289 g/mol. The van der Waals surface area contributed by atoms with E-state index >= 15 is 0 Å². The van der Waals surface area contributed by atoms with E-state index in [9.17, 15) is 9.59 Å². The number of hydrogen-bond acceptors (Lipinski definition) is 3. The van der Waals surface area contributed by atoms with Crippen LogP contribution in [0.3, 0.4) is 0 Å². The van der Waals surface area contributed by atoms with Crippen LogP contribution in [0, 0.1) is 6.92 Å². The van der Waals surface area contributed by atoms with Crippen LogP contribution in [-0.2, 0) is 9.53 Å². The Bertz CT molecular complexity index is 528. The molecule has 1 heterocycles. The summed E-state index contributed by atoms with van der Waals surface area (Å²) in [7, 11) is 0. The number of aryl methyl sites for hydroxylation is 1. The SMILES string of the molecule is Cc1ccc(C2CCN(C(=O)OC(C)(C)C)CC2=O)cc1. The summed E-state index contributed by atoms with van der Waals surface area (Å²) < 4.78 is 5.32. The van der Waals surface area contributed by atoms with E-state index in [0.717, 1.165) is 5.56 Å². The molecule has 0 aromatic heterocycles. The van der Waals surface area contributed by atoms with Gasteiger partial charge in [-0.3, -0.25) is 4.79 Å². The topological polar surface area (TPSA) is 46.6 Å². The summed E-state index contributed by atoms with van der Waals surface area (Å²) in [5.74, 6) is -0.0275. The van der Waals surface area contributed by atoms with Gasteiger partial charge in [-0.15, -0.1) is 0 Å². The highest BCUT2D eigenvalue weighted by Gasteiger charge is 2.32. The van der Waals surface area contributed by atoms with Gasteiger partial charge >= 0.3 is 6.09 Å². The van der Waals surface area contributed by atoms with Gasteiger partial charge in [-0.05, 0) is 39.7 Å². The molecular formula is C17H23NO3. The number of likely N-dealkylation sites (tertiary alicyclic amines) is 1. The number of piperidine rings is 1. The number of carbonyl (C=O) groups excluding carboxylic acids is 2. The van der Waals surface area contributed by atoms with Crippen molar-refractivity contribution in [2.24, 2.45) is 0 Å². The van der Waals surface area contributed by atoms with Crippen LogP contribution in [-0.4, -0.2) is 35.5 Å². The highest BCUT2D eigenvalue weighted by atomic mass is 16.6. The Labute approximate surface area is 126 Å². The van der Waals surface area contributed by atoms with Crippen molar-refractivity contribution in [2.75, 3.05) is 13.1 Å². The van der Waals surface area contributed by atoms with Crippen molar-refractivity contribution < 1.29 is 14.3 Å². The number of nitrogens with zero attached hydrogens (tertiary/aromatic N) is 1. The third-order valence-electron chi connectivity index (χ3n) is 3.55. The predicted molar refractivity (Wildman–Crippen MR) is 81.4 cm³/mol. The van der Waals surface area contributed by atoms with Gasteiger partial charge in [0.1, 0.15) is 5.60 Å². The molecule has 1 aromatic rings. The summed E-state index contributed by atoms with van der Waals surface area (Å²) in [5, 5.41) is 0. The maximum Gasteiger partial charge on any atom is 0.410 e. The van der Waals surface area contributed by atoms with Crippen molar-refractivity contribution in [3.05, 3.63) is 35.4 Å². The van der Waals surface area contributed by atoms with Crippen molar-refractivity contribution in [2.45, 2.75) is 45.6 Å². The smallest absolute Gasteiger partial charge is 0.410 e. The molecule has 4 nitrogen and oxygen atoms in total. The van der Waals surface area contributed by atoms with Gasteiger partial charge in [-0.25, -0.2) is 4.79 Å². The molecule has 1 unspecified atom stereocenters. The van der Waals surface area contributed by atoms with E-state index in [0.29, 0.717) is 13.0 Å². The zero-order chi connectivity index (χ0) is 15.6. The molecule has 1 aliphatic rings. The van der Waals surface area contributed by atoms with Crippen molar-refractivity contribution in [3.63, 3.8) is 0 Å². The van der Waals surface area contributed by atoms with Crippen LogP contribution < -0.4 is 0 Å². The fraction of sp³-hybridized carbons (Fsp3) is 0.529. The summed E-state index contributed by atoms with van der Waals surface area (Å²) in [6.45, 7) is 8.19. The molecule has 4 heteroatoms. The summed E-state index contributed by atoms with van der Waals surface area (Å²) in [4.78, 5) is 25.8. The van der Waals surface area contributed by atoms with Gasteiger partial charge in [0.2, 0.25) is 0 Å². The molecule has 0 spiro atoms. The first-order valence-corrected chi connectivity index (χ1v) is 7.33. The first kappa shape index (κ1) is 15.5. The Morgan fingerprint density at radius 3 is 2.38 bits per heavy atom. The third-order valence-corrected chi connectivity index (χ3v) is 3.55. The Morgan fingerprint density at radius 1 is 1.24 bits per heavy atom. The summed E-state index contributed by atoms with van der Waals surface area (Å²) in [5.41, 5.74) is 1.68. The van der Waals surface area contributed by atoms with Crippen LogP contribution in [0.5, 0.6) is 0 Å². The largest absolute Gasteiger partial charge is 0.444 e. The third kappa shape index (κ3) is 4.06. The molecule has 1 fully saturated rings. The zero-order valence-electron chi connectivity index (χ0n) is 13.2. The number of Topliss-reactive ketones (excluding diaryl/α,β-unsaturated/α-hetero) is 1. The minimum Gasteiger partial charge on any atom is -0.444 e. The Morgan fingerprint density at radius 2 is 1.86 bits per heavy atom. The molecule has 1 atom stereocenters. The van der Waals surface area contributed by atoms with Crippen LogP contribution in [0.4, 0.5) is 4.79 Å². The summed E-state index contributed by atoms with van der Waals surface area (Å²) >= 11 is 0. The number of carbonyl (C=O) groups is 2. The predicted octanol–water partition coefficient (Wildman–Crippen LogP) is 3.29. The highest BCUT2D eigenvalue weighted by molar-refractivity contribution is 5.90. The lowest BCUT2D eigenvalue weighted by Gasteiger charge is -2.32. The lowest BCUT2D eigenvalue weighted by Crippen LogP contribution is -2.45. The maximum absolute atomic E-state index is 12.3. The van der Waals surface area contributed by atoms with E-state index in [1.54, 1.807) is 0 Å². The van der Waals surface area contributed by atoms with Crippen LogP contribution in [0.1, 0.15) is 44.2 Å². The summed E-state index contributed by atoms with van der Waals surface area (Å²) in [6, 6.07) is 8.04. The number of ether oxygens (including phenoxy) is 1. The van der Waals surface area contributed by atoms with E-state index in [2.05, 4.69) is 0 Å². The van der Waals surface area contributed by atoms with Crippen LogP contribution in [0.15, 0.2) is 24.3 Å². The van der Waals surface area contributed by atoms with Gasteiger partial charge in [0.25, 0.3) is 0 Å². The number of ketones is 1. The van der Waals surface area contributed by atoms with E-state index in [1.807, 2.05) is 52.0 Å². The molecule has 1 amide bonds. The van der Waals surface area contributed by atoms with Gasteiger partial charge < -0.3 is 9.64 Å². The minimum absolute atomic E-state index is 0.0796. The molecule has 1 aliphatic heterocycles. The Hall–Kier alpha value is -1.84. The minimum atomic E-state index is -0.534. The molecule has 0 saturated carbocycles. The first-order valence-electron chi connectivity index (χ1n) is 7.33. The molecule has 0 aliphatic carbocycles. The van der Waals surface area contributed by atoms with Gasteiger partial charge in [0, 0.05) is 12.5 Å². The molecule has 0 radical (unpaired) electrons. The van der Waals surface area contributed by atoms with E-state index in [1.165, 1.54) is 10.5 Å². The first-order chi connectivity index (χ1) is 9.76. The second kappa shape index (κ2) is 5.88. The van der Waals surface area contributed by atoms with Crippen molar-refractivity contribution in [1.82, 2.24) is 4.90 Å². The summed E-state index contributed by atoms with van der Waals surface area (Å²) in [6.07, 6.45) is 0.249. The fourth-order valence-corrected chi connectivity index (χ4v) is 2.46. The van der Waals surface area contributed by atoms with Crippen molar-refractivity contribution >= 4 is 11.9 Å². The molecule has 0 N–H and O–H groups in total.